The molecule has 0 bridgehead atoms. The van der Waals surface area contributed by atoms with Crippen LogP contribution in [0.4, 0.5) is 17.6 Å². The van der Waals surface area contributed by atoms with Crippen molar-refractivity contribution in [1.82, 2.24) is 29.3 Å². The quantitative estimate of drug-likeness (QED) is 0.384. The van der Waals surface area contributed by atoms with Crippen molar-refractivity contribution in [2.75, 3.05) is 30.5 Å². The van der Waals surface area contributed by atoms with E-state index in [4.69, 9.17) is 19.8 Å². The molecule has 1 aromatic carbocycles. The van der Waals surface area contributed by atoms with Crippen LogP contribution < -0.4 is 15.0 Å². The van der Waals surface area contributed by atoms with Crippen LogP contribution in [-0.4, -0.2) is 60.7 Å². The fourth-order valence-electron chi connectivity index (χ4n) is 5.45. The summed E-state index contributed by atoms with van der Waals surface area (Å²) >= 11 is 0. The average Bonchev–Trinajstić information content (AvgIpc) is 3.59. The van der Waals surface area contributed by atoms with Crippen molar-refractivity contribution >= 4 is 28.6 Å². The molecule has 10 nitrogen and oxygen atoms in total. The molecule has 0 amide bonds. The molecule has 0 radical (unpaired) electrons. The zero-order chi connectivity index (χ0) is 25.7. The number of aliphatic hydroxyl groups is 1. The number of imidazole rings is 1. The summed E-state index contributed by atoms with van der Waals surface area (Å²) < 4.78 is 9.60. The van der Waals surface area contributed by atoms with Gasteiger partial charge in [0.25, 0.3) is 0 Å². The van der Waals surface area contributed by atoms with Gasteiger partial charge in [0.1, 0.15) is 17.9 Å². The first kappa shape index (κ1) is 23.7. The number of nitrogens with one attached hydrogen (secondary N) is 1. The Morgan fingerprint density at radius 2 is 1.95 bits per heavy atom. The Bertz CT molecular complexity index is 1450. The minimum atomic E-state index is 0.0522. The van der Waals surface area contributed by atoms with Crippen LogP contribution in [0.1, 0.15) is 55.0 Å². The van der Waals surface area contributed by atoms with Crippen molar-refractivity contribution in [2.24, 2.45) is 0 Å². The molecule has 2 N–H and O–H groups in total. The molecule has 4 aromatic rings. The van der Waals surface area contributed by atoms with Crippen molar-refractivity contribution in [3.8, 4) is 11.4 Å². The summed E-state index contributed by atoms with van der Waals surface area (Å²) in [7, 11) is 1.69. The maximum atomic E-state index is 10.0. The van der Waals surface area contributed by atoms with Gasteiger partial charge in [-0.3, -0.25) is 0 Å². The minimum absolute atomic E-state index is 0.0522. The summed E-state index contributed by atoms with van der Waals surface area (Å²) in [5, 5.41) is 19.2. The molecule has 6 rings (SSSR count). The Morgan fingerprint density at radius 3 is 2.68 bits per heavy atom. The lowest BCUT2D eigenvalue weighted by Crippen LogP contribution is -2.33. The fraction of sp³-hybridized carbons (Fsp3) is 0.481. The van der Waals surface area contributed by atoms with E-state index in [9.17, 15) is 5.11 Å². The van der Waals surface area contributed by atoms with E-state index in [1.165, 1.54) is 6.42 Å². The van der Waals surface area contributed by atoms with Gasteiger partial charge in [0.15, 0.2) is 11.5 Å². The Kier molecular flexibility index (Phi) is 5.98. The second kappa shape index (κ2) is 9.33. The molecule has 194 valence electrons. The summed E-state index contributed by atoms with van der Waals surface area (Å²) in [5.41, 5.74) is 5.02. The van der Waals surface area contributed by atoms with Crippen LogP contribution in [0.5, 0.6) is 5.75 Å². The number of ether oxygens (including phenoxy) is 1. The van der Waals surface area contributed by atoms with Crippen LogP contribution >= 0.6 is 0 Å². The van der Waals surface area contributed by atoms with E-state index in [-0.39, 0.29) is 12.6 Å². The average molecular weight is 503 g/mol. The molecule has 1 aliphatic carbocycles. The van der Waals surface area contributed by atoms with Crippen LogP contribution in [-0.2, 0) is 0 Å². The Labute approximate surface area is 216 Å². The fourth-order valence-corrected chi connectivity index (χ4v) is 5.45. The second-order valence-electron chi connectivity index (χ2n) is 10.2. The maximum Gasteiger partial charge on any atom is 0.232 e. The second-order valence-corrected chi connectivity index (χ2v) is 10.2. The number of anilines is 3. The first-order chi connectivity index (χ1) is 18.0. The zero-order valence-corrected chi connectivity index (χ0v) is 21.9. The molecule has 1 saturated carbocycles. The summed E-state index contributed by atoms with van der Waals surface area (Å²) in [6.07, 6.45) is 9.13. The smallest absolute Gasteiger partial charge is 0.232 e. The van der Waals surface area contributed by atoms with E-state index >= 15 is 0 Å². The lowest BCUT2D eigenvalue weighted by molar-refractivity contribution is 0.266. The molecule has 1 saturated heterocycles. The molecule has 1 atom stereocenters. The summed E-state index contributed by atoms with van der Waals surface area (Å²) in [6, 6.07) is 4.55. The molecule has 2 aliphatic rings. The molecule has 37 heavy (non-hydrogen) atoms. The first-order valence-electron chi connectivity index (χ1n) is 13.1. The highest BCUT2D eigenvalue weighted by Crippen LogP contribution is 2.38. The standard InChI is InChI=1S/C27H34N8O2/c1-16-11-21(12-22(37-4)17(16)2)33-13-23(28-15-33)29-27-30-25(34-10-6-9-20(34)14-36)24-18(3)32-35(26(24)31-27)19-7-5-8-19/h11-13,15,19-20,36H,5-10,14H2,1-4H3,(H,29,30,31)/t20-/m0/s1. The van der Waals surface area contributed by atoms with Crippen LogP contribution in [0.25, 0.3) is 16.7 Å². The normalized spacial score (nSPS) is 18.0. The van der Waals surface area contributed by atoms with E-state index in [1.807, 2.05) is 23.8 Å². The van der Waals surface area contributed by atoms with E-state index in [1.54, 1.807) is 13.4 Å². The molecular weight excluding hydrogens is 468 g/mol. The van der Waals surface area contributed by atoms with Crippen LogP contribution in [0.3, 0.4) is 0 Å². The Morgan fingerprint density at radius 1 is 1.11 bits per heavy atom. The lowest BCUT2D eigenvalue weighted by atomic mass is 9.93. The van der Waals surface area contributed by atoms with Crippen LogP contribution in [0.2, 0.25) is 0 Å². The number of aryl methyl sites for hydroxylation is 2. The number of fused-ring (bicyclic) bond motifs is 1. The van der Waals surface area contributed by atoms with E-state index in [0.717, 1.165) is 77.3 Å². The summed E-state index contributed by atoms with van der Waals surface area (Å²) in [4.78, 5) is 16.7. The van der Waals surface area contributed by atoms with Gasteiger partial charge in [-0.2, -0.15) is 15.1 Å². The highest BCUT2D eigenvalue weighted by atomic mass is 16.5. The highest BCUT2D eigenvalue weighted by molar-refractivity contribution is 5.91. The highest BCUT2D eigenvalue weighted by Gasteiger charge is 2.31. The predicted molar refractivity (Wildman–Crippen MR) is 143 cm³/mol. The monoisotopic (exact) mass is 502 g/mol. The molecule has 0 unspecified atom stereocenters. The third-order valence-electron chi connectivity index (χ3n) is 7.93. The van der Waals surface area contributed by atoms with Crippen LogP contribution in [0, 0.1) is 20.8 Å². The number of aliphatic hydroxyl groups excluding tert-OH is 1. The van der Waals surface area contributed by atoms with Crippen LogP contribution in [0.15, 0.2) is 24.7 Å². The third kappa shape index (κ3) is 4.09. The molecule has 0 spiro atoms. The molecule has 1 aliphatic heterocycles. The van der Waals surface area contributed by atoms with E-state index < -0.39 is 0 Å². The van der Waals surface area contributed by atoms with Crippen molar-refractivity contribution in [3.63, 3.8) is 0 Å². The van der Waals surface area contributed by atoms with Gasteiger partial charge in [-0.1, -0.05) is 0 Å². The zero-order valence-electron chi connectivity index (χ0n) is 21.9. The number of methoxy groups -OCH3 is 1. The molecule has 3 aromatic heterocycles. The maximum absolute atomic E-state index is 10.0. The summed E-state index contributed by atoms with van der Waals surface area (Å²) in [6.45, 7) is 7.12. The van der Waals surface area contributed by atoms with Gasteiger partial charge in [0, 0.05) is 12.6 Å². The van der Waals surface area contributed by atoms with Gasteiger partial charge in [-0.05, 0) is 70.1 Å². The molecular formula is C27H34N8O2. The van der Waals surface area contributed by atoms with Crippen molar-refractivity contribution < 1.29 is 9.84 Å². The minimum Gasteiger partial charge on any atom is -0.496 e. The molecule has 10 heteroatoms. The van der Waals surface area contributed by atoms with Gasteiger partial charge >= 0.3 is 0 Å². The number of hydrogen-bond donors (Lipinski definition) is 2. The number of hydrogen-bond acceptors (Lipinski definition) is 8. The van der Waals surface area contributed by atoms with Crippen molar-refractivity contribution in [3.05, 3.63) is 41.5 Å². The van der Waals surface area contributed by atoms with Gasteiger partial charge in [0.2, 0.25) is 5.95 Å². The Hall–Kier alpha value is -3.66. The lowest BCUT2D eigenvalue weighted by Gasteiger charge is -2.27. The van der Waals surface area contributed by atoms with Crippen molar-refractivity contribution in [1.29, 1.82) is 0 Å². The van der Waals surface area contributed by atoms with Crippen molar-refractivity contribution in [2.45, 2.75) is 65.0 Å². The summed E-state index contributed by atoms with van der Waals surface area (Å²) in [5.74, 6) is 2.81. The number of rotatable bonds is 7. The molecule has 2 fully saturated rings. The Balaban J connectivity index is 1.39. The number of benzene rings is 1. The molecule has 4 heterocycles. The third-order valence-corrected chi connectivity index (χ3v) is 7.93. The topological polar surface area (TPSA) is 106 Å². The SMILES string of the molecule is COc1cc(-n2cnc(Nc3nc(N4CCC[C@H]4CO)c4c(C)nn(C5CCC5)c4n3)c2)cc(C)c1C. The van der Waals surface area contributed by atoms with Gasteiger partial charge in [0.05, 0.1) is 48.8 Å². The van der Waals surface area contributed by atoms with Gasteiger partial charge in [-0.15, -0.1) is 0 Å². The van der Waals surface area contributed by atoms with E-state index in [0.29, 0.717) is 17.8 Å². The predicted octanol–water partition coefficient (Wildman–Crippen LogP) is 4.38. The van der Waals surface area contributed by atoms with E-state index in [2.05, 4.69) is 39.8 Å². The first-order valence-corrected chi connectivity index (χ1v) is 13.1. The number of aromatic nitrogens is 6. The number of nitrogens with zero attached hydrogens (tertiary/aromatic N) is 7. The largest absolute Gasteiger partial charge is 0.496 e. The van der Waals surface area contributed by atoms with Gasteiger partial charge < -0.3 is 24.6 Å². The van der Waals surface area contributed by atoms with Gasteiger partial charge in [-0.25, -0.2) is 9.67 Å².